The normalized spacial score (nSPS) is 17.3. The van der Waals surface area contributed by atoms with Gasteiger partial charge in [-0.15, -0.1) is 0 Å². The van der Waals surface area contributed by atoms with E-state index in [0.29, 0.717) is 17.0 Å². The topological polar surface area (TPSA) is 108 Å². The summed E-state index contributed by atoms with van der Waals surface area (Å²) in [4.78, 5) is 44.1. The Balaban J connectivity index is 1.73. The van der Waals surface area contributed by atoms with E-state index in [1.807, 2.05) is 59.2 Å². The number of carbonyl (C=O) groups is 2. The molecule has 0 bridgehead atoms. The number of fused-ring (bicyclic) bond motifs is 3. The van der Waals surface area contributed by atoms with Gasteiger partial charge in [-0.1, -0.05) is 54.6 Å². The molecule has 2 atom stereocenters. The van der Waals surface area contributed by atoms with Crippen LogP contribution in [-0.2, 0) is 20.9 Å². The number of hydrogen-bond acceptors (Lipinski definition) is 6. The van der Waals surface area contributed by atoms with Gasteiger partial charge in [-0.05, 0) is 30.2 Å². The predicted octanol–water partition coefficient (Wildman–Crippen LogP) is 4.26. The second-order valence-electron chi connectivity index (χ2n) is 8.20. The third-order valence-corrected chi connectivity index (χ3v) is 6.11. The van der Waals surface area contributed by atoms with Gasteiger partial charge in [0.2, 0.25) is 11.9 Å². The molecule has 0 aliphatic carbocycles. The van der Waals surface area contributed by atoms with Crippen LogP contribution in [0.2, 0.25) is 0 Å². The van der Waals surface area contributed by atoms with Crippen molar-refractivity contribution in [2.45, 2.75) is 19.5 Å². The highest BCUT2D eigenvalue weighted by Crippen LogP contribution is 2.42. The number of non-ortho nitro benzene ring substituents is 1. The molecule has 35 heavy (non-hydrogen) atoms. The number of rotatable bonds is 6. The van der Waals surface area contributed by atoms with Gasteiger partial charge >= 0.3 is 5.97 Å². The first-order valence-corrected chi connectivity index (χ1v) is 11.2. The number of carbonyl (C=O) groups excluding carboxylic acids is 2. The largest absolute Gasteiger partial charge is 0.465 e. The monoisotopic (exact) mass is 470 g/mol. The third-order valence-electron chi connectivity index (χ3n) is 6.11. The number of hydrogen-bond donors (Lipinski definition) is 0. The maximum Gasteiger partial charge on any atom is 0.321 e. The lowest BCUT2D eigenvalue weighted by molar-refractivity contribution is -0.384. The van der Waals surface area contributed by atoms with E-state index in [1.54, 1.807) is 19.1 Å². The Morgan fingerprint density at radius 2 is 1.71 bits per heavy atom. The number of nitro groups is 1. The van der Waals surface area contributed by atoms with Crippen LogP contribution in [0.15, 0.2) is 78.9 Å². The minimum atomic E-state index is -1.19. The van der Waals surface area contributed by atoms with Crippen molar-refractivity contribution in [1.82, 2.24) is 9.55 Å². The lowest BCUT2D eigenvalue weighted by Gasteiger charge is -2.38. The Labute approximate surface area is 200 Å². The first kappa shape index (κ1) is 22.3. The highest BCUT2D eigenvalue weighted by Gasteiger charge is 2.47. The van der Waals surface area contributed by atoms with Crippen molar-refractivity contribution in [2.75, 3.05) is 11.5 Å². The average Bonchev–Trinajstić information content (AvgIpc) is 3.25. The van der Waals surface area contributed by atoms with Crippen LogP contribution in [0.25, 0.3) is 11.0 Å². The molecule has 4 aromatic rings. The maximum atomic E-state index is 13.9. The van der Waals surface area contributed by atoms with Crippen molar-refractivity contribution in [3.8, 4) is 0 Å². The molecule has 3 aromatic carbocycles. The Morgan fingerprint density at radius 1 is 1.03 bits per heavy atom. The van der Waals surface area contributed by atoms with Gasteiger partial charge in [-0.25, -0.2) is 4.98 Å². The minimum absolute atomic E-state index is 0.0787. The van der Waals surface area contributed by atoms with Crippen molar-refractivity contribution >= 4 is 34.5 Å². The van der Waals surface area contributed by atoms with Gasteiger partial charge in [0.15, 0.2) is 5.92 Å². The number of nitrogens with zero attached hydrogens (tertiary/aromatic N) is 4. The fourth-order valence-electron chi connectivity index (χ4n) is 4.56. The maximum absolute atomic E-state index is 13.9. The summed E-state index contributed by atoms with van der Waals surface area (Å²) in [5, 5.41) is 11.2. The summed E-state index contributed by atoms with van der Waals surface area (Å²) in [6.07, 6.45) is 0. The molecule has 0 spiro atoms. The van der Waals surface area contributed by atoms with Gasteiger partial charge < -0.3 is 9.30 Å². The Bertz CT molecular complexity index is 1410. The molecule has 1 amide bonds. The Morgan fingerprint density at radius 3 is 2.40 bits per heavy atom. The van der Waals surface area contributed by atoms with Crippen molar-refractivity contribution in [1.29, 1.82) is 0 Å². The number of nitro benzene ring substituents is 1. The summed E-state index contributed by atoms with van der Waals surface area (Å²) in [6.45, 7) is 2.03. The quantitative estimate of drug-likeness (QED) is 0.180. The summed E-state index contributed by atoms with van der Waals surface area (Å²) in [7, 11) is 0. The van der Waals surface area contributed by atoms with E-state index in [9.17, 15) is 19.7 Å². The second-order valence-corrected chi connectivity index (χ2v) is 8.20. The molecule has 0 N–H and O–H groups in total. The summed E-state index contributed by atoms with van der Waals surface area (Å²) in [5.41, 5.74) is 2.79. The predicted molar refractivity (Wildman–Crippen MR) is 129 cm³/mol. The highest BCUT2D eigenvalue weighted by molar-refractivity contribution is 6.08. The standard InChI is InChI=1S/C26H22N4O5/c1-2-35-25(32)22-23(18-12-14-19(15-13-18)30(33)34)29-21-11-7-6-10-20(21)27-26(29)28(24(22)31)16-17-8-4-3-5-9-17/h3-15,22-23H,2,16H2,1H3/t22-,23-/m0/s1. The van der Waals surface area contributed by atoms with Crippen LogP contribution in [0.3, 0.4) is 0 Å². The molecule has 0 radical (unpaired) electrons. The van der Waals surface area contributed by atoms with Gasteiger partial charge in [0.25, 0.3) is 5.69 Å². The van der Waals surface area contributed by atoms with Crippen molar-refractivity contribution in [3.63, 3.8) is 0 Å². The van der Waals surface area contributed by atoms with Crippen LogP contribution < -0.4 is 4.90 Å². The van der Waals surface area contributed by atoms with Crippen LogP contribution in [0.5, 0.6) is 0 Å². The van der Waals surface area contributed by atoms with Crippen molar-refractivity contribution in [3.05, 3.63) is 100 Å². The molecule has 0 saturated carbocycles. The molecule has 1 aromatic heterocycles. The number of para-hydroxylation sites is 2. The number of esters is 1. The summed E-state index contributed by atoms with van der Waals surface area (Å²) in [5.74, 6) is -1.87. The van der Waals surface area contributed by atoms with Crippen LogP contribution >= 0.6 is 0 Å². The number of benzene rings is 3. The Kier molecular flexibility index (Phi) is 5.74. The highest BCUT2D eigenvalue weighted by atomic mass is 16.6. The molecule has 0 fully saturated rings. The summed E-state index contributed by atoms with van der Waals surface area (Å²) in [6, 6.07) is 22.0. The van der Waals surface area contributed by atoms with E-state index >= 15 is 0 Å². The molecule has 2 heterocycles. The van der Waals surface area contributed by atoms with E-state index in [-0.39, 0.29) is 18.8 Å². The fraction of sp³-hybridized carbons (Fsp3) is 0.192. The van der Waals surface area contributed by atoms with Gasteiger partial charge in [0, 0.05) is 12.1 Å². The molecule has 0 saturated heterocycles. The lowest BCUT2D eigenvalue weighted by atomic mass is 9.89. The number of imidazole rings is 1. The molecule has 1 aliphatic heterocycles. The smallest absolute Gasteiger partial charge is 0.321 e. The molecular weight excluding hydrogens is 448 g/mol. The van der Waals surface area contributed by atoms with E-state index in [0.717, 1.165) is 11.1 Å². The fourth-order valence-corrected chi connectivity index (χ4v) is 4.56. The average molecular weight is 470 g/mol. The molecular formula is C26H22N4O5. The number of ether oxygens (including phenoxy) is 1. The van der Waals surface area contributed by atoms with Crippen LogP contribution in [0, 0.1) is 16.0 Å². The zero-order valence-corrected chi connectivity index (χ0v) is 18.9. The van der Waals surface area contributed by atoms with Crippen LogP contribution in [0.4, 0.5) is 11.6 Å². The second kappa shape index (κ2) is 9.02. The molecule has 9 heteroatoms. The molecule has 176 valence electrons. The molecule has 1 aliphatic rings. The number of aromatic nitrogens is 2. The van der Waals surface area contributed by atoms with E-state index in [4.69, 9.17) is 9.72 Å². The van der Waals surface area contributed by atoms with Gasteiger partial charge in [0.05, 0.1) is 35.2 Å². The van der Waals surface area contributed by atoms with Crippen LogP contribution in [0.1, 0.15) is 24.1 Å². The SMILES string of the molecule is CCOC(=O)[C@@H]1C(=O)N(Cc2ccccc2)c2nc3ccccc3n2[C@H]1c1ccc([N+](=O)[O-])cc1. The first-order valence-electron chi connectivity index (χ1n) is 11.2. The third kappa shape index (κ3) is 3.90. The van der Waals surface area contributed by atoms with E-state index < -0.39 is 28.8 Å². The van der Waals surface area contributed by atoms with Crippen LogP contribution in [-0.4, -0.2) is 33.0 Å². The molecule has 5 rings (SSSR count). The van der Waals surface area contributed by atoms with E-state index in [2.05, 4.69) is 0 Å². The zero-order chi connectivity index (χ0) is 24.5. The number of amides is 1. The number of anilines is 1. The summed E-state index contributed by atoms with van der Waals surface area (Å²) < 4.78 is 7.20. The van der Waals surface area contributed by atoms with Crippen molar-refractivity contribution < 1.29 is 19.2 Å². The van der Waals surface area contributed by atoms with Gasteiger partial charge in [-0.3, -0.25) is 24.6 Å². The Hall–Kier alpha value is -4.53. The van der Waals surface area contributed by atoms with Gasteiger partial charge in [0.1, 0.15) is 0 Å². The van der Waals surface area contributed by atoms with E-state index in [1.165, 1.54) is 17.0 Å². The zero-order valence-electron chi connectivity index (χ0n) is 18.9. The first-order chi connectivity index (χ1) is 17.0. The van der Waals surface area contributed by atoms with Crippen molar-refractivity contribution in [2.24, 2.45) is 5.92 Å². The summed E-state index contributed by atoms with van der Waals surface area (Å²) >= 11 is 0. The molecule has 0 unspecified atom stereocenters. The van der Waals surface area contributed by atoms with Gasteiger partial charge in [-0.2, -0.15) is 0 Å². The molecule has 9 nitrogen and oxygen atoms in total. The lowest BCUT2D eigenvalue weighted by Crippen LogP contribution is -2.49. The minimum Gasteiger partial charge on any atom is -0.465 e.